The SMILES string of the molecule is Cc1cccc(C2=N[C@@H](C(C)C)CO2)c1[O-].Cc1cccc(C2=N[C@@H](C(C)C)CO2)c1[O-].Cc1cccc(C2=N[C@@H](C(C)C)CO2)c1[O-].[Yb+3]. The van der Waals surface area contributed by atoms with Crippen LogP contribution in [0.15, 0.2) is 69.6 Å². The molecule has 3 aliphatic heterocycles. The first-order valence-corrected chi connectivity index (χ1v) is 16.7. The minimum Gasteiger partial charge on any atom is -0.872 e. The Hall–Kier alpha value is -3.01. The van der Waals surface area contributed by atoms with Crippen LogP contribution in [0.3, 0.4) is 0 Å². The predicted molar refractivity (Wildman–Crippen MR) is 185 cm³/mol. The van der Waals surface area contributed by atoms with Gasteiger partial charge in [-0.1, -0.05) is 130 Å². The topological polar surface area (TPSA) is 134 Å². The number of aryl methyl sites for hydroxylation is 3. The largest absolute Gasteiger partial charge is 3.00 e. The molecular weight excluding hydrogens is 779 g/mol. The van der Waals surface area contributed by atoms with Crippen LogP contribution in [0.25, 0.3) is 0 Å². The van der Waals surface area contributed by atoms with E-state index in [1.54, 1.807) is 57.2 Å². The maximum absolute atomic E-state index is 11.9. The summed E-state index contributed by atoms with van der Waals surface area (Å²) in [7, 11) is 0. The van der Waals surface area contributed by atoms with Gasteiger partial charge in [-0.3, -0.25) is 0 Å². The van der Waals surface area contributed by atoms with Crippen molar-refractivity contribution in [3.8, 4) is 17.2 Å². The van der Waals surface area contributed by atoms with Crippen LogP contribution in [0.4, 0.5) is 0 Å². The van der Waals surface area contributed by atoms with E-state index in [0.29, 0.717) is 72.0 Å². The molecule has 10 heteroatoms. The summed E-state index contributed by atoms with van der Waals surface area (Å²) in [6.07, 6.45) is 0. The zero-order valence-corrected chi connectivity index (χ0v) is 31.6. The quantitative estimate of drug-likeness (QED) is 0.318. The summed E-state index contributed by atoms with van der Waals surface area (Å²) in [5.41, 5.74) is 3.96. The second-order valence-electron chi connectivity index (χ2n) is 13.5. The summed E-state index contributed by atoms with van der Waals surface area (Å²) >= 11 is 0. The molecule has 49 heavy (non-hydrogen) atoms. The summed E-state index contributed by atoms with van der Waals surface area (Å²) in [6, 6.07) is 16.9. The van der Waals surface area contributed by atoms with Gasteiger partial charge in [-0.25, -0.2) is 15.0 Å². The molecule has 0 fully saturated rings. The van der Waals surface area contributed by atoms with Gasteiger partial charge >= 0.3 is 46.9 Å². The third-order valence-electron chi connectivity index (χ3n) is 8.66. The molecule has 0 bridgehead atoms. The number of ether oxygens (including phenoxy) is 3. The second-order valence-corrected chi connectivity index (χ2v) is 13.5. The van der Waals surface area contributed by atoms with Crippen LogP contribution < -0.4 is 15.3 Å². The molecule has 3 aromatic carbocycles. The Morgan fingerprint density at radius 2 is 0.735 bits per heavy atom. The third kappa shape index (κ3) is 10.3. The fourth-order valence-electron chi connectivity index (χ4n) is 5.10. The van der Waals surface area contributed by atoms with Crippen molar-refractivity contribution in [1.82, 2.24) is 0 Å². The Balaban J connectivity index is 0.000000197. The number of benzene rings is 3. The van der Waals surface area contributed by atoms with Crippen LogP contribution in [0.1, 0.15) is 74.9 Å². The van der Waals surface area contributed by atoms with Crippen molar-refractivity contribution < 1.29 is 76.5 Å². The van der Waals surface area contributed by atoms with Gasteiger partial charge in [0.05, 0.1) is 18.1 Å². The van der Waals surface area contributed by atoms with Crippen molar-refractivity contribution in [1.29, 1.82) is 0 Å². The molecule has 6 rings (SSSR count). The first-order valence-electron chi connectivity index (χ1n) is 16.7. The standard InChI is InChI=1S/3C13H17NO2.Yb/c3*1-8(2)11-7-16-13(14-11)10-6-4-5-9(3)12(10)15;/h3*4-6,8,11,15H,7H2,1-3H3;/q;;;+3/p-3/t3*11-;/m111./s1. The molecule has 3 atom stereocenters. The van der Waals surface area contributed by atoms with E-state index in [0.717, 1.165) is 16.7 Å². The number of hydrogen-bond donors (Lipinski definition) is 0. The van der Waals surface area contributed by atoms with Gasteiger partial charge in [-0.05, 0) is 38.5 Å². The van der Waals surface area contributed by atoms with Crippen molar-refractivity contribution in [2.24, 2.45) is 32.7 Å². The van der Waals surface area contributed by atoms with Crippen molar-refractivity contribution in [3.63, 3.8) is 0 Å². The third-order valence-corrected chi connectivity index (χ3v) is 8.66. The summed E-state index contributed by atoms with van der Waals surface area (Å²) in [5.74, 6) is 2.90. The summed E-state index contributed by atoms with van der Waals surface area (Å²) in [6.45, 7) is 19.8. The van der Waals surface area contributed by atoms with E-state index >= 15 is 0 Å². The maximum atomic E-state index is 11.9. The Morgan fingerprint density at radius 1 is 0.490 bits per heavy atom. The average molecular weight is 828 g/mol. The Labute approximate surface area is 329 Å². The van der Waals surface area contributed by atoms with E-state index in [-0.39, 0.29) is 82.3 Å². The van der Waals surface area contributed by atoms with Gasteiger partial charge in [0.25, 0.3) is 0 Å². The Morgan fingerprint density at radius 3 is 0.939 bits per heavy atom. The molecule has 3 aliphatic rings. The van der Waals surface area contributed by atoms with Crippen molar-refractivity contribution in [2.45, 2.75) is 80.4 Å². The van der Waals surface area contributed by atoms with E-state index in [1.165, 1.54) is 0 Å². The van der Waals surface area contributed by atoms with Crippen LogP contribution in [0.2, 0.25) is 0 Å². The molecule has 269 valence electrons. The second kappa shape index (κ2) is 18.3. The number of rotatable bonds is 6. The molecule has 1 radical (unpaired) electrons. The van der Waals surface area contributed by atoms with Gasteiger partial charge in [0, 0.05) is 16.7 Å². The molecule has 0 aromatic heterocycles. The monoisotopic (exact) mass is 828 g/mol. The molecule has 0 saturated heterocycles. The zero-order chi connectivity index (χ0) is 35.1. The van der Waals surface area contributed by atoms with Gasteiger partial charge in [-0.15, -0.1) is 0 Å². The summed E-state index contributed by atoms with van der Waals surface area (Å²) in [4.78, 5) is 13.4. The molecule has 9 nitrogen and oxygen atoms in total. The van der Waals surface area contributed by atoms with Crippen molar-refractivity contribution >= 4 is 17.7 Å². The molecule has 3 aromatic rings. The Bertz CT molecular complexity index is 1470. The molecule has 0 N–H and O–H groups in total. The molecule has 0 unspecified atom stereocenters. The first-order chi connectivity index (χ1) is 22.8. The molecule has 0 amide bonds. The van der Waals surface area contributed by atoms with Crippen LogP contribution >= 0.6 is 0 Å². The molecular formula is C39H48N3O6Yb. The number of hydrogen-bond acceptors (Lipinski definition) is 9. The Kier molecular flexibility index (Phi) is 15.1. The van der Waals surface area contributed by atoms with Gasteiger partial charge in [0.2, 0.25) is 17.7 Å². The van der Waals surface area contributed by atoms with E-state index in [4.69, 9.17) is 14.2 Å². The number of nitrogens with zero attached hydrogens (tertiary/aromatic N) is 3. The van der Waals surface area contributed by atoms with Crippen molar-refractivity contribution in [2.75, 3.05) is 19.8 Å². The van der Waals surface area contributed by atoms with Gasteiger partial charge in [0.15, 0.2) is 0 Å². The maximum Gasteiger partial charge on any atom is 3.00 e. The van der Waals surface area contributed by atoms with Crippen LogP contribution in [0, 0.1) is 85.4 Å². The predicted octanol–water partition coefficient (Wildman–Crippen LogP) is 5.61. The fraction of sp³-hybridized carbons (Fsp3) is 0.462. The molecule has 0 aliphatic carbocycles. The number of aliphatic imine (C=N–C) groups is 3. The minimum atomic E-state index is 0. The van der Waals surface area contributed by atoms with E-state index < -0.39 is 0 Å². The smallest absolute Gasteiger partial charge is 0.872 e. The van der Waals surface area contributed by atoms with Crippen LogP contribution in [0.5, 0.6) is 17.2 Å². The van der Waals surface area contributed by atoms with Crippen LogP contribution in [-0.4, -0.2) is 55.6 Å². The van der Waals surface area contributed by atoms with Gasteiger partial charge < -0.3 is 29.5 Å². The van der Waals surface area contributed by atoms with E-state index in [9.17, 15) is 15.3 Å². The van der Waals surface area contributed by atoms with Gasteiger partial charge in [0.1, 0.15) is 19.8 Å². The number of para-hydroxylation sites is 3. The fourth-order valence-corrected chi connectivity index (χ4v) is 5.10. The summed E-state index contributed by atoms with van der Waals surface area (Å²) in [5, 5.41) is 35.6. The zero-order valence-electron chi connectivity index (χ0n) is 29.8. The normalized spacial score (nSPS) is 19.3. The average Bonchev–Trinajstić information content (AvgIpc) is 3.84. The van der Waals surface area contributed by atoms with Gasteiger partial charge in [-0.2, -0.15) is 0 Å². The molecule has 0 saturated carbocycles. The molecule has 0 spiro atoms. The minimum absolute atomic E-state index is 0. The van der Waals surface area contributed by atoms with Crippen molar-refractivity contribution in [3.05, 3.63) is 88.0 Å². The van der Waals surface area contributed by atoms with Crippen LogP contribution in [-0.2, 0) is 14.2 Å². The summed E-state index contributed by atoms with van der Waals surface area (Å²) < 4.78 is 16.5. The molecule has 3 heterocycles. The van der Waals surface area contributed by atoms with E-state index in [2.05, 4.69) is 56.5 Å². The van der Waals surface area contributed by atoms with E-state index in [1.807, 2.05) is 18.2 Å². The first kappa shape index (κ1) is 40.4.